The number of para-hydroxylation sites is 1. The molecule has 5 aromatic rings. The Bertz CT molecular complexity index is 1740. The first-order valence-corrected chi connectivity index (χ1v) is 13.4. The van der Waals surface area contributed by atoms with Gasteiger partial charge < -0.3 is 14.8 Å². The highest BCUT2D eigenvalue weighted by Gasteiger charge is 2.44. The van der Waals surface area contributed by atoms with Crippen LogP contribution in [0.25, 0.3) is 22.2 Å². The summed E-state index contributed by atoms with van der Waals surface area (Å²) in [6.45, 7) is 3.70. The number of halogens is 1. The fourth-order valence-corrected chi connectivity index (χ4v) is 5.90. The molecule has 5 nitrogen and oxygen atoms in total. The quantitative estimate of drug-likeness (QED) is 0.256. The zero-order valence-corrected chi connectivity index (χ0v) is 22.7. The van der Waals surface area contributed by atoms with E-state index in [0.29, 0.717) is 16.3 Å². The van der Waals surface area contributed by atoms with Crippen LogP contribution < -0.4 is 5.32 Å². The van der Waals surface area contributed by atoms with Gasteiger partial charge in [-0.15, -0.1) is 0 Å². The minimum Gasteiger partial charge on any atom is -0.343 e. The largest absolute Gasteiger partial charge is 0.343 e. The Morgan fingerprint density at radius 3 is 2.38 bits per heavy atom. The first-order valence-electron chi connectivity index (χ1n) is 13.0. The van der Waals surface area contributed by atoms with E-state index in [2.05, 4.69) is 41.2 Å². The average molecular weight is 534 g/mol. The van der Waals surface area contributed by atoms with Crippen LogP contribution in [0.5, 0.6) is 0 Å². The third-order valence-electron chi connectivity index (χ3n) is 7.70. The molecule has 0 fully saturated rings. The maximum absolute atomic E-state index is 14.0. The summed E-state index contributed by atoms with van der Waals surface area (Å²) >= 11 is 6.31. The van der Waals surface area contributed by atoms with Crippen molar-refractivity contribution in [3.63, 3.8) is 0 Å². The average Bonchev–Trinajstić information content (AvgIpc) is 3.41. The van der Waals surface area contributed by atoms with Crippen molar-refractivity contribution in [2.24, 2.45) is 7.05 Å². The number of carbonyl (C=O) groups excluding carboxylic acids is 2. The molecule has 0 saturated heterocycles. The number of anilines is 1. The number of nitrogens with one attached hydrogen (secondary N) is 1. The molecule has 1 aliphatic heterocycles. The van der Waals surface area contributed by atoms with Gasteiger partial charge in [0.05, 0.1) is 11.7 Å². The van der Waals surface area contributed by atoms with Crippen molar-refractivity contribution in [2.75, 3.05) is 5.32 Å². The number of aromatic nitrogens is 1. The zero-order valence-electron chi connectivity index (χ0n) is 22.0. The molecule has 2 atom stereocenters. The Balaban J connectivity index is 1.52. The summed E-state index contributed by atoms with van der Waals surface area (Å²) in [6, 6.07) is 30.3. The summed E-state index contributed by atoms with van der Waals surface area (Å²) < 4.78 is 2.18. The molecular weight excluding hydrogens is 506 g/mol. The maximum Gasteiger partial charge on any atom is 0.255 e. The summed E-state index contributed by atoms with van der Waals surface area (Å²) in [4.78, 5) is 29.4. The number of carbonyl (C=O) groups is 2. The fraction of sp³-hybridized carbons (Fsp3) is 0.152. The summed E-state index contributed by atoms with van der Waals surface area (Å²) in [5.74, 6) is -0.435. The van der Waals surface area contributed by atoms with Crippen molar-refractivity contribution in [2.45, 2.75) is 25.9 Å². The lowest BCUT2D eigenvalue weighted by Gasteiger charge is -2.31. The fourth-order valence-electron chi connectivity index (χ4n) is 5.72. The van der Waals surface area contributed by atoms with Crippen LogP contribution in [-0.2, 0) is 11.8 Å². The van der Waals surface area contributed by atoms with E-state index in [1.165, 1.54) is 0 Å². The Kier molecular flexibility index (Phi) is 6.24. The van der Waals surface area contributed by atoms with E-state index >= 15 is 0 Å². The monoisotopic (exact) mass is 533 g/mol. The predicted molar refractivity (Wildman–Crippen MR) is 157 cm³/mol. The SMILES string of the molecule is Cc1ccc(NC(=O)C(C)N2C(=O)c3ccccc3C2c2c(-c3ccccc3)n(C)c3ccccc23)cc1Cl. The lowest BCUT2D eigenvalue weighted by molar-refractivity contribution is -0.120. The normalized spacial score (nSPS) is 15.4. The van der Waals surface area contributed by atoms with Gasteiger partial charge in [0.1, 0.15) is 6.04 Å². The Morgan fingerprint density at radius 2 is 1.62 bits per heavy atom. The Hall–Kier alpha value is -4.35. The van der Waals surface area contributed by atoms with E-state index in [0.717, 1.165) is 38.9 Å². The van der Waals surface area contributed by atoms with Gasteiger partial charge in [-0.3, -0.25) is 9.59 Å². The number of benzene rings is 4. The number of hydrogen-bond acceptors (Lipinski definition) is 2. The highest BCUT2D eigenvalue weighted by Crippen LogP contribution is 2.47. The van der Waals surface area contributed by atoms with Crippen LogP contribution in [-0.4, -0.2) is 27.3 Å². The van der Waals surface area contributed by atoms with Crippen molar-refractivity contribution in [1.82, 2.24) is 9.47 Å². The van der Waals surface area contributed by atoms with Gasteiger partial charge in [-0.1, -0.05) is 84.4 Å². The molecule has 6 rings (SSSR count). The van der Waals surface area contributed by atoms with Crippen LogP contribution in [0.2, 0.25) is 5.02 Å². The standard InChI is InChI=1S/C33H28ClN3O2/c1-20-17-18-23(19-27(20)34)35-32(38)21(2)37-31(24-13-7-8-14-25(24)33(37)39)29-26-15-9-10-16-28(26)36(3)30(29)22-11-5-4-6-12-22/h4-19,21,31H,1-3H3,(H,35,38). The van der Waals surface area contributed by atoms with Crippen LogP contribution in [0.3, 0.4) is 0 Å². The molecule has 0 aliphatic carbocycles. The van der Waals surface area contributed by atoms with Gasteiger partial charge in [-0.2, -0.15) is 0 Å². The smallest absolute Gasteiger partial charge is 0.255 e. The molecule has 1 aliphatic rings. The van der Waals surface area contributed by atoms with Gasteiger partial charge in [0, 0.05) is 39.8 Å². The van der Waals surface area contributed by atoms with E-state index in [1.807, 2.05) is 73.7 Å². The third-order valence-corrected chi connectivity index (χ3v) is 8.11. The molecule has 0 bridgehead atoms. The molecule has 1 N–H and O–H groups in total. The van der Waals surface area contributed by atoms with Crippen LogP contribution >= 0.6 is 11.6 Å². The first-order chi connectivity index (χ1) is 18.9. The number of rotatable bonds is 5. The number of aryl methyl sites for hydroxylation is 2. The van der Waals surface area contributed by atoms with Gasteiger partial charge in [0.2, 0.25) is 5.91 Å². The van der Waals surface area contributed by atoms with Crippen molar-refractivity contribution in [3.8, 4) is 11.3 Å². The molecule has 39 heavy (non-hydrogen) atoms. The van der Waals surface area contributed by atoms with Crippen molar-refractivity contribution in [3.05, 3.63) is 124 Å². The van der Waals surface area contributed by atoms with E-state index in [1.54, 1.807) is 17.9 Å². The van der Waals surface area contributed by atoms with Crippen LogP contribution in [0, 0.1) is 6.92 Å². The van der Waals surface area contributed by atoms with E-state index < -0.39 is 12.1 Å². The van der Waals surface area contributed by atoms with Gasteiger partial charge in [0.15, 0.2) is 0 Å². The molecule has 0 spiro atoms. The van der Waals surface area contributed by atoms with Crippen molar-refractivity contribution in [1.29, 1.82) is 0 Å². The zero-order chi connectivity index (χ0) is 27.3. The van der Waals surface area contributed by atoms with E-state index in [4.69, 9.17) is 11.6 Å². The molecule has 0 saturated carbocycles. The van der Waals surface area contributed by atoms with E-state index in [-0.39, 0.29) is 11.8 Å². The second-order valence-electron chi connectivity index (χ2n) is 10.0. The van der Waals surface area contributed by atoms with Crippen molar-refractivity contribution >= 4 is 40.0 Å². The molecule has 2 amide bonds. The number of amides is 2. The predicted octanol–water partition coefficient (Wildman–Crippen LogP) is 7.38. The number of hydrogen-bond donors (Lipinski definition) is 1. The summed E-state index contributed by atoms with van der Waals surface area (Å²) in [6.07, 6.45) is 0. The minimum atomic E-state index is -0.752. The second-order valence-corrected chi connectivity index (χ2v) is 10.4. The summed E-state index contributed by atoms with van der Waals surface area (Å²) in [5, 5.41) is 4.60. The lowest BCUT2D eigenvalue weighted by Crippen LogP contribution is -2.44. The van der Waals surface area contributed by atoms with Crippen molar-refractivity contribution < 1.29 is 9.59 Å². The summed E-state index contributed by atoms with van der Waals surface area (Å²) in [5.41, 5.74) is 7.19. The molecule has 0 radical (unpaired) electrons. The van der Waals surface area contributed by atoms with Gasteiger partial charge in [-0.25, -0.2) is 0 Å². The van der Waals surface area contributed by atoms with Gasteiger partial charge in [0.25, 0.3) is 5.91 Å². The maximum atomic E-state index is 14.0. The number of fused-ring (bicyclic) bond motifs is 2. The highest BCUT2D eigenvalue weighted by molar-refractivity contribution is 6.31. The molecule has 2 unspecified atom stereocenters. The van der Waals surface area contributed by atoms with E-state index in [9.17, 15) is 9.59 Å². The van der Waals surface area contributed by atoms with Gasteiger partial charge in [-0.05, 0) is 54.8 Å². The molecule has 194 valence electrons. The van der Waals surface area contributed by atoms with Crippen LogP contribution in [0.1, 0.15) is 40.0 Å². The molecule has 2 heterocycles. The molecule has 6 heteroatoms. The first kappa shape index (κ1) is 25.0. The van der Waals surface area contributed by atoms with Crippen LogP contribution in [0.4, 0.5) is 5.69 Å². The third kappa shape index (κ3) is 4.10. The van der Waals surface area contributed by atoms with Gasteiger partial charge >= 0.3 is 0 Å². The Labute approximate surface area is 232 Å². The Morgan fingerprint density at radius 1 is 0.923 bits per heavy atom. The topological polar surface area (TPSA) is 54.3 Å². The second kappa shape index (κ2) is 9.75. The lowest BCUT2D eigenvalue weighted by atomic mass is 9.92. The molecule has 1 aromatic heterocycles. The summed E-state index contributed by atoms with van der Waals surface area (Å²) in [7, 11) is 2.05. The minimum absolute atomic E-state index is 0.160. The number of nitrogens with zero attached hydrogens (tertiary/aromatic N) is 2. The molecular formula is C33H28ClN3O2. The van der Waals surface area contributed by atoms with Crippen LogP contribution in [0.15, 0.2) is 97.1 Å². The molecule has 4 aromatic carbocycles. The highest BCUT2D eigenvalue weighted by atomic mass is 35.5.